The maximum Gasteiger partial charge on any atom is 0.264 e. The Morgan fingerprint density at radius 1 is 0.895 bits per heavy atom. The van der Waals surface area contributed by atoms with Crippen molar-refractivity contribution in [3.8, 4) is 0 Å². The molecule has 0 fully saturated rings. The molecule has 2 amide bonds. The standard InChI is InChI=1S/C30H37N3O4S/c1-6-26-15-10-11-18-28(26)33(38(36,37)27-16-8-7-9-17-27)21-29(34)32(24(5)30(35)31-22(2)3)20-25-14-12-13-23(4)19-25/h7-19,22,24H,6,20-21H2,1-5H3,(H,31,35)/t24-/m1/s1. The first-order chi connectivity index (χ1) is 18.0. The molecule has 3 aromatic rings. The Morgan fingerprint density at radius 3 is 2.18 bits per heavy atom. The van der Waals surface area contributed by atoms with Crippen molar-refractivity contribution in [1.82, 2.24) is 10.2 Å². The predicted octanol–water partition coefficient (Wildman–Crippen LogP) is 4.69. The van der Waals surface area contributed by atoms with Crippen molar-refractivity contribution in [1.29, 1.82) is 0 Å². The van der Waals surface area contributed by atoms with Gasteiger partial charge in [0.25, 0.3) is 10.0 Å². The molecule has 0 unspecified atom stereocenters. The molecule has 0 bridgehead atoms. The number of anilines is 1. The molecule has 8 heteroatoms. The Kier molecular flexibility index (Phi) is 9.69. The smallest absolute Gasteiger partial charge is 0.264 e. The van der Waals surface area contributed by atoms with Gasteiger partial charge in [0.15, 0.2) is 0 Å². The molecule has 0 aliphatic heterocycles. The minimum absolute atomic E-state index is 0.0922. The molecule has 0 heterocycles. The maximum atomic E-state index is 14.0. The van der Waals surface area contributed by atoms with Crippen LogP contribution >= 0.6 is 0 Å². The number of carbonyl (C=O) groups excluding carboxylic acids is 2. The van der Waals surface area contributed by atoms with Crippen molar-refractivity contribution in [3.63, 3.8) is 0 Å². The van der Waals surface area contributed by atoms with E-state index in [1.54, 1.807) is 37.3 Å². The van der Waals surface area contributed by atoms with Crippen LogP contribution in [0.15, 0.2) is 83.8 Å². The molecule has 1 N–H and O–H groups in total. The predicted molar refractivity (Wildman–Crippen MR) is 151 cm³/mol. The van der Waals surface area contributed by atoms with Gasteiger partial charge in [-0.05, 0) is 63.4 Å². The van der Waals surface area contributed by atoms with E-state index in [0.29, 0.717) is 12.1 Å². The SMILES string of the molecule is CCc1ccccc1N(CC(=O)N(Cc1cccc(C)c1)[C@H](C)C(=O)NC(C)C)S(=O)(=O)c1ccccc1. The van der Waals surface area contributed by atoms with E-state index < -0.39 is 28.5 Å². The Labute approximate surface area is 226 Å². The molecule has 3 rings (SSSR count). The highest BCUT2D eigenvalue weighted by molar-refractivity contribution is 7.92. The summed E-state index contributed by atoms with van der Waals surface area (Å²) in [5.74, 6) is -0.768. The van der Waals surface area contributed by atoms with Crippen LogP contribution in [0.2, 0.25) is 0 Å². The summed E-state index contributed by atoms with van der Waals surface area (Å²) < 4.78 is 28.9. The first-order valence-corrected chi connectivity index (χ1v) is 14.3. The van der Waals surface area contributed by atoms with Gasteiger partial charge in [-0.2, -0.15) is 0 Å². The van der Waals surface area contributed by atoms with E-state index in [2.05, 4.69) is 5.32 Å². The van der Waals surface area contributed by atoms with Gasteiger partial charge in [0.2, 0.25) is 11.8 Å². The van der Waals surface area contributed by atoms with Gasteiger partial charge in [0.05, 0.1) is 10.6 Å². The molecule has 38 heavy (non-hydrogen) atoms. The first-order valence-electron chi connectivity index (χ1n) is 12.9. The normalized spacial score (nSPS) is 12.2. The van der Waals surface area contributed by atoms with Crippen LogP contribution in [0.4, 0.5) is 5.69 Å². The van der Waals surface area contributed by atoms with E-state index in [1.165, 1.54) is 21.3 Å². The number of rotatable bonds is 11. The van der Waals surface area contributed by atoms with Crippen molar-refractivity contribution in [3.05, 3.63) is 95.6 Å². The van der Waals surface area contributed by atoms with Gasteiger partial charge in [0.1, 0.15) is 12.6 Å². The van der Waals surface area contributed by atoms with Gasteiger partial charge in [-0.1, -0.05) is 73.2 Å². The molecule has 0 aliphatic rings. The number of benzene rings is 3. The second kappa shape index (κ2) is 12.7. The molecular weight excluding hydrogens is 498 g/mol. The van der Waals surface area contributed by atoms with Crippen LogP contribution in [0.1, 0.15) is 44.4 Å². The quantitative estimate of drug-likeness (QED) is 0.386. The van der Waals surface area contributed by atoms with Crippen LogP contribution in [0.3, 0.4) is 0 Å². The van der Waals surface area contributed by atoms with E-state index in [9.17, 15) is 18.0 Å². The second-order valence-corrected chi connectivity index (χ2v) is 11.5. The highest BCUT2D eigenvalue weighted by Crippen LogP contribution is 2.28. The van der Waals surface area contributed by atoms with E-state index in [-0.39, 0.29) is 23.4 Å². The lowest BCUT2D eigenvalue weighted by atomic mass is 10.1. The molecule has 202 valence electrons. The van der Waals surface area contributed by atoms with Gasteiger partial charge in [0, 0.05) is 12.6 Å². The van der Waals surface area contributed by atoms with Crippen LogP contribution < -0.4 is 9.62 Å². The van der Waals surface area contributed by atoms with Crippen molar-refractivity contribution in [2.24, 2.45) is 0 Å². The zero-order valence-corrected chi connectivity index (χ0v) is 23.5. The summed E-state index contributed by atoms with van der Waals surface area (Å²) in [7, 11) is -4.07. The van der Waals surface area contributed by atoms with Crippen molar-refractivity contribution in [2.45, 2.75) is 64.6 Å². The third-order valence-electron chi connectivity index (χ3n) is 6.28. The van der Waals surface area contributed by atoms with Crippen LogP contribution in [-0.2, 0) is 32.6 Å². The second-order valence-electron chi connectivity index (χ2n) is 9.66. The molecule has 0 radical (unpaired) electrons. The number of amides is 2. The topological polar surface area (TPSA) is 86.8 Å². The Balaban J connectivity index is 2.06. The van der Waals surface area contributed by atoms with Gasteiger partial charge >= 0.3 is 0 Å². The highest BCUT2D eigenvalue weighted by Gasteiger charge is 2.33. The van der Waals surface area contributed by atoms with Crippen molar-refractivity contribution in [2.75, 3.05) is 10.8 Å². The number of carbonyl (C=O) groups is 2. The monoisotopic (exact) mass is 535 g/mol. The molecular formula is C30H37N3O4S. The minimum Gasteiger partial charge on any atom is -0.352 e. The van der Waals surface area contributed by atoms with Gasteiger partial charge in [-0.25, -0.2) is 8.42 Å². The average Bonchev–Trinajstić information content (AvgIpc) is 2.90. The van der Waals surface area contributed by atoms with E-state index in [1.807, 2.05) is 64.1 Å². The lowest BCUT2D eigenvalue weighted by Crippen LogP contribution is -2.52. The zero-order valence-electron chi connectivity index (χ0n) is 22.7. The van der Waals surface area contributed by atoms with Crippen LogP contribution in [-0.4, -0.2) is 43.8 Å². The molecule has 0 aromatic heterocycles. The summed E-state index contributed by atoms with van der Waals surface area (Å²) in [6.07, 6.45) is 0.589. The number of aryl methyl sites for hydroxylation is 2. The number of sulfonamides is 1. The molecule has 3 aromatic carbocycles. The fraction of sp³-hybridized carbons (Fsp3) is 0.333. The number of para-hydroxylation sites is 1. The molecule has 7 nitrogen and oxygen atoms in total. The lowest BCUT2D eigenvalue weighted by molar-refractivity contribution is -0.139. The summed E-state index contributed by atoms with van der Waals surface area (Å²) in [6.45, 7) is 9.00. The summed E-state index contributed by atoms with van der Waals surface area (Å²) in [5, 5.41) is 2.87. The van der Waals surface area contributed by atoms with Crippen LogP contribution in [0.5, 0.6) is 0 Å². The summed E-state index contributed by atoms with van der Waals surface area (Å²) in [5.41, 5.74) is 3.13. The number of hydrogen-bond donors (Lipinski definition) is 1. The molecule has 0 spiro atoms. The fourth-order valence-electron chi connectivity index (χ4n) is 4.28. The Bertz CT molecular complexity index is 1360. The van der Waals surface area contributed by atoms with Crippen LogP contribution in [0.25, 0.3) is 0 Å². The minimum atomic E-state index is -4.07. The molecule has 0 saturated heterocycles. The third-order valence-corrected chi connectivity index (χ3v) is 8.06. The van der Waals surface area contributed by atoms with Gasteiger partial charge in [-0.15, -0.1) is 0 Å². The largest absolute Gasteiger partial charge is 0.352 e. The third kappa shape index (κ3) is 7.01. The molecule has 0 saturated carbocycles. The van der Waals surface area contributed by atoms with Crippen molar-refractivity contribution >= 4 is 27.5 Å². The highest BCUT2D eigenvalue weighted by atomic mass is 32.2. The summed E-state index contributed by atoms with van der Waals surface area (Å²) in [6, 6.07) is 22.1. The van der Waals surface area contributed by atoms with E-state index >= 15 is 0 Å². The number of nitrogens with zero attached hydrogens (tertiary/aromatic N) is 2. The Morgan fingerprint density at radius 2 is 1.55 bits per heavy atom. The number of hydrogen-bond acceptors (Lipinski definition) is 4. The average molecular weight is 536 g/mol. The maximum absolute atomic E-state index is 14.0. The van der Waals surface area contributed by atoms with Crippen LogP contribution in [0, 0.1) is 6.92 Å². The summed E-state index contributed by atoms with van der Waals surface area (Å²) in [4.78, 5) is 28.5. The first kappa shape index (κ1) is 28.9. The Hall–Kier alpha value is -3.65. The van der Waals surface area contributed by atoms with E-state index in [0.717, 1.165) is 16.7 Å². The van der Waals surface area contributed by atoms with Gasteiger partial charge in [-0.3, -0.25) is 13.9 Å². The molecule has 0 aliphatic carbocycles. The summed E-state index contributed by atoms with van der Waals surface area (Å²) >= 11 is 0. The zero-order chi connectivity index (χ0) is 27.9. The lowest BCUT2D eigenvalue weighted by Gasteiger charge is -2.33. The number of nitrogens with one attached hydrogen (secondary N) is 1. The van der Waals surface area contributed by atoms with Gasteiger partial charge < -0.3 is 10.2 Å². The molecule has 1 atom stereocenters. The fourth-order valence-corrected chi connectivity index (χ4v) is 5.75. The van der Waals surface area contributed by atoms with Crippen molar-refractivity contribution < 1.29 is 18.0 Å². The van der Waals surface area contributed by atoms with E-state index in [4.69, 9.17) is 0 Å².